The Labute approximate surface area is 167 Å². The van der Waals surface area contributed by atoms with Gasteiger partial charge >= 0.3 is 0 Å². The summed E-state index contributed by atoms with van der Waals surface area (Å²) in [5.41, 5.74) is 0.647. The standard InChI is InChI=1S/C22H32N2O4/c1-15-10-12-24(13-11-15)22(26)17-6-4-16(5-7-17)21(25)23-19-9-8-18(27-2)14-20(19)28-3/h8-9,14-17H,4-7,10-13H2,1-3H3,(H,23,25). The Morgan fingerprint density at radius 3 is 2.21 bits per heavy atom. The van der Waals surface area contributed by atoms with Gasteiger partial charge < -0.3 is 19.7 Å². The normalized spacial score (nSPS) is 23.2. The lowest BCUT2D eigenvalue weighted by molar-refractivity contribution is -0.139. The van der Waals surface area contributed by atoms with Gasteiger partial charge in [0.1, 0.15) is 11.5 Å². The highest BCUT2D eigenvalue weighted by atomic mass is 16.5. The monoisotopic (exact) mass is 388 g/mol. The molecule has 1 heterocycles. The number of anilines is 1. The maximum absolute atomic E-state index is 12.8. The molecule has 2 aliphatic rings. The second-order valence-electron chi connectivity index (χ2n) is 8.11. The van der Waals surface area contributed by atoms with Gasteiger partial charge in [0.05, 0.1) is 19.9 Å². The fraction of sp³-hybridized carbons (Fsp3) is 0.636. The fourth-order valence-corrected chi connectivity index (χ4v) is 4.23. The van der Waals surface area contributed by atoms with Crippen molar-refractivity contribution >= 4 is 17.5 Å². The highest BCUT2D eigenvalue weighted by Gasteiger charge is 2.33. The first-order chi connectivity index (χ1) is 13.5. The van der Waals surface area contributed by atoms with E-state index in [-0.39, 0.29) is 17.7 Å². The summed E-state index contributed by atoms with van der Waals surface area (Å²) in [6.07, 6.45) is 5.31. The zero-order chi connectivity index (χ0) is 20.1. The van der Waals surface area contributed by atoms with Crippen LogP contribution in [0.5, 0.6) is 11.5 Å². The third-order valence-corrected chi connectivity index (χ3v) is 6.21. The summed E-state index contributed by atoms with van der Waals surface area (Å²) in [4.78, 5) is 27.5. The van der Waals surface area contributed by atoms with Gasteiger partial charge in [-0.2, -0.15) is 0 Å². The number of nitrogens with one attached hydrogen (secondary N) is 1. The van der Waals surface area contributed by atoms with E-state index in [9.17, 15) is 9.59 Å². The number of carbonyl (C=O) groups is 2. The number of ether oxygens (including phenoxy) is 2. The molecular weight excluding hydrogens is 356 g/mol. The number of likely N-dealkylation sites (tertiary alicyclic amines) is 1. The molecule has 0 aromatic heterocycles. The lowest BCUT2D eigenvalue weighted by Crippen LogP contribution is -2.42. The Balaban J connectivity index is 1.52. The molecule has 1 aliphatic carbocycles. The van der Waals surface area contributed by atoms with Crippen LogP contribution in [0.25, 0.3) is 0 Å². The SMILES string of the molecule is COc1ccc(NC(=O)C2CCC(C(=O)N3CCC(C)CC3)CC2)c(OC)c1. The zero-order valence-electron chi connectivity index (χ0n) is 17.2. The minimum atomic E-state index is -0.0581. The van der Waals surface area contributed by atoms with Gasteiger partial charge in [-0.15, -0.1) is 0 Å². The van der Waals surface area contributed by atoms with Crippen LogP contribution in [-0.4, -0.2) is 44.0 Å². The van der Waals surface area contributed by atoms with Crippen LogP contribution < -0.4 is 14.8 Å². The van der Waals surface area contributed by atoms with E-state index in [2.05, 4.69) is 12.2 Å². The van der Waals surface area contributed by atoms with Crippen LogP contribution in [0, 0.1) is 17.8 Å². The molecular formula is C22H32N2O4. The second kappa shape index (κ2) is 9.30. The van der Waals surface area contributed by atoms with Gasteiger partial charge in [-0.3, -0.25) is 9.59 Å². The van der Waals surface area contributed by atoms with E-state index in [1.807, 2.05) is 4.90 Å². The van der Waals surface area contributed by atoms with Gasteiger partial charge in [0, 0.05) is 31.0 Å². The molecule has 0 spiro atoms. The summed E-state index contributed by atoms with van der Waals surface area (Å²) in [5.74, 6) is 2.30. The molecule has 0 bridgehead atoms. The first-order valence-corrected chi connectivity index (χ1v) is 10.3. The van der Waals surface area contributed by atoms with Crippen molar-refractivity contribution in [2.75, 3.05) is 32.6 Å². The number of hydrogen-bond donors (Lipinski definition) is 1. The summed E-state index contributed by atoms with van der Waals surface area (Å²) >= 11 is 0. The Morgan fingerprint density at radius 2 is 1.61 bits per heavy atom. The summed E-state index contributed by atoms with van der Waals surface area (Å²) in [6.45, 7) is 4.03. The maximum atomic E-state index is 12.8. The van der Waals surface area contributed by atoms with E-state index in [0.29, 0.717) is 23.1 Å². The second-order valence-corrected chi connectivity index (χ2v) is 8.11. The van der Waals surface area contributed by atoms with Crippen molar-refractivity contribution in [3.05, 3.63) is 18.2 Å². The molecule has 2 amide bonds. The zero-order valence-corrected chi connectivity index (χ0v) is 17.2. The average molecular weight is 389 g/mol. The molecule has 6 heteroatoms. The van der Waals surface area contributed by atoms with Crippen LogP contribution in [0.2, 0.25) is 0 Å². The van der Waals surface area contributed by atoms with E-state index in [0.717, 1.165) is 57.5 Å². The van der Waals surface area contributed by atoms with E-state index in [1.165, 1.54) is 0 Å². The van der Waals surface area contributed by atoms with Gasteiger partial charge in [0.15, 0.2) is 0 Å². The van der Waals surface area contributed by atoms with Crippen molar-refractivity contribution in [1.29, 1.82) is 0 Å². The quantitative estimate of drug-likeness (QED) is 0.835. The topological polar surface area (TPSA) is 67.9 Å². The molecule has 1 saturated heterocycles. The molecule has 2 fully saturated rings. The van der Waals surface area contributed by atoms with Gasteiger partial charge in [-0.25, -0.2) is 0 Å². The number of benzene rings is 1. The molecule has 1 N–H and O–H groups in total. The molecule has 0 radical (unpaired) electrons. The van der Waals surface area contributed by atoms with Gasteiger partial charge in [0.2, 0.25) is 11.8 Å². The molecule has 28 heavy (non-hydrogen) atoms. The Kier molecular flexibility index (Phi) is 6.81. The van der Waals surface area contributed by atoms with Crippen molar-refractivity contribution < 1.29 is 19.1 Å². The number of rotatable bonds is 5. The molecule has 3 rings (SSSR count). The van der Waals surface area contributed by atoms with Gasteiger partial charge in [-0.05, 0) is 56.6 Å². The smallest absolute Gasteiger partial charge is 0.227 e. The van der Waals surface area contributed by atoms with E-state index in [4.69, 9.17) is 9.47 Å². The molecule has 0 unspecified atom stereocenters. The molecule has 1 aromatic rings. The van der Waals surface area contributed by atoms with E-state index >= 15 is 0 Å². The minimum Gasteiger partial charge on any atom is -0.497 e. The first-order valence-electron chi connectivity index (χ1n) is 10.3. The molecule has 1 saturated carbocycles. The Morgan fingerprint density at radius 1 is 0.964 bits per heavy atom. The summed E-state index contributed by atoms with van der Waals surface area (Å²) in [5, 5.41) is 2.98. The van der Waals surface area contributed by atoms with Crippen LogP contribution in [-0.2, 0) is 9.59 Å². The van der Waals surface area contributed by atoms with Crippen LogP contribution in [0.15, 0.2) is 18.2 Å². The predicted molar refractivity (Wildman–Crippen MR) is 109 cm³/mol. The lowest BCUT2D eigenvalue weighted by atomic mass is 9.80. The van der Waals surface area contributed by atoms with E-state index < -0.39 is 0 Å². The summed E-state index contributed by atoms with van der Waals surface area (Å²) in [7, 11) is 3.17. The molecule has 1 aromatic carbocycles. The number of methoxy groups -OCH3 is 2. The average Bonchev–Trinajstić information content (AvgIpc) is 2.74. The Bertz CT molecular complexity index is 690. The van der Waals surface area contributed by atoms with Crippen molar-refractivity contribution in [1.82, 2.24) is 4.90 Å². The van der Waals surface area contributed by atoms with Crippen molar-refractivity contribution in [2.45, 2.75) is 45.4 Å². The highest BCUT2D eigenvalue weighted by Crippen LogP contribution is 2.34. The van der Waals surface area contributed by atoms with Gasteiger partial charge in [0.25, 0.3) is 0 Å². The molecule has 6 nitrogen and oxygen atoms in total. The van der Waals surface area contributed by atoms with Crippen molar-refractivity contribution in [3.63, 3.8) is 0 Å². The molecule has 154 valence electrons. The third-order valence-electron chi connectivity index (χ3n) is 6.21. The van der Waals surface area contributed by atoms with Crippen LogP contribution in [0.1, 0.15) is 45.4 Å². The molecule has 0 atom stereocenters. The fourth-order valence-electron chi connectivity index (χ4n) is 4.23. The van der Waals surface area contributed by atoms with Crippen molar-refractivity contribution in [3.8, 4) is 11.5 Å². The number of carbonyl (C=O) groups excluding carboxylic acids is 2. The molecule has 1 aliphatic heterocycles. The van der Waals surface area contributed by atoms with Crippen LogP contribution in [0.4, 0.5) is 5.69 Å². The number of hydrogen-bond acceptors (Lipinski definition) is 4. The third kappa shape index (κ3) is 4.78. The van der Waals surface area contributed by atoms with Crippen molar-refractivity contribution in [2.24, 2.45) is 17.8 Å². The van der Waals surface area contributed by atoms with Crippen LogP contribution >= 0.6 is 0 Å². The highest BCUT2D eigenvalue weighted by molar-refractivity contribution is 5.94. The van der Waals surface area contributed by atoms with E-state index in [1.54, 1.807) is 32.4 Å². The minimum absolute atomic E-state index is 0.00108. The largest absolute Gasteiger partial charge is 0.497 e. The first kappa shape index (κ1) is 20.5. The lowest BCUT2D eigenvalue weighted by Gasteiger charge is -2.35. The number of amides is 2. The Hall–Kier alpha value is -2.24. The predicted octanol–water partition coefficient (Wildman–Crippen LogP) is 3.71. The maximum Gasteiger partial charge on any atom is 0.227 e. The van der Waals surface area contributed by atoms with Crippen LogP contribution in [0.3, 0.4) is 0 Å². The summed E-state index contributed by atoms with van der Waals surface area (Å²) in [6, 6.07) is 5.35. The van der Waals surface area contributed by atoms with Gasteiger partial charge in [-0.1, -0.05) is 6.92 Å². The summed E-state index contributed by atoms with van der Waals surface area (Å²) < 4.78 is 10.5. The number of nitrogens with zero attached hydrogens (tertiary/aromatic N) is 1. The number of piperidine rings is 1.